The maximum atomic E-state index is 10.5. The molecule has 5 rings (SSSR count). The van der Waals surface area contributed by atoms with Crippen molar-refractivity contribution in [1.82, 2.24) is 0 Å². The summed E-state index contributed by atoms with van der Waals surface area (Å²) in [6, 6.07) is 16.4. The molecule has 0 atom stereocenters. The zero-order chi connectivity index (χ0) is 25.1. The fraction of sp³-hybridized carbons (Fsp3) is 0.353. The van der Waals surface area contributed by atoms with E-state index >= 15 is 0 Å². The molecule has 0 heterocycles. The van der Waals surface area contributed by atoms with Gasteiger partial charge in [-0.3, -0.25) is 0 Å². The highest BCUT2D eigenvalue weighted by molar-refractivity contribution is 5.84. The molecule has 0 unspecified atom stereocenters. The lowest BCUT2D eigenvalue weighted by Gasteiger charge is -2.21. The van der Waals surface area contributed by atoms with Gasteiger partial charge >= 0.3 is 0 Å². The van der Waals surface area contributed by atoms with E-state index < -0.39 is 0 Å². The monoisotopic (exact) mass is 478 g/mol. The number of phenolic OH excluding ortho intramolecular Hbond substituents is 2. The summed E-state index contributed by atoms with van der Waals surface area (Å²) in [6.45, 7) is 8.95. The fourth-order valence-corrected chi connectivity index (χ4v) is 6.15. The second-order valence-electron chi connectivity index (χ2n) is 10.5. The summed E-state index contributed by atoms with van der Waals surface area (Å²) in [5, 5.41) is 21.1. The minimum Gasteiger partial charge on any atom is -0.508 e. The number of aromatic hydroxyl groups is 2. The van der Waals surface area contributed by atoms with Crippen LogP contribution in [0, 0.1) is 0 Å². The first-order chi connectivity index (χ1) is 17.5. The van der Waals surface area contributed by atoms with Gasteiger partial charge in [0, 0.05) is 0 Å². The molecule has 2 nitrogen and oxygen atoms in total. The van der Waals surface area contributed by atoms with Crippen molar-refractivity contribution in [3.05, 3.63) is 106 Å². The summed E-state index contributed by atoms with van der Waals surface area (Å²) in [5.41, 5.74) is 11.3. The topological polar surface area (TPSA) is 40.5 Å². The van der Waals surface area contributed by atoms with Gasteiger partial charge in [0.1, 0.15) is 11.5 Å². The number of phenols is 2. The first-order valence-corrected chi connectivity index (χ1v) is 13.7. The fourth-order valence-electron chi connectivity index (χ4n) is 6.15. The van der Waals surface area contributed by atoms with Gasteiger partial charge in [-0.15, -0.1) is 0 Å². The van der Waals surface area contributed by atoms with Crippen molar-refractivity contribution in [2.45, 2.75) is 77.0 Å². The van der Waals surface area contributed by atoms with Crippen LogP contribution in [0.15, 0.2) is 61.7 Å². The van der Waals surface area contributed by atoms with E-state index in [0.717, 1.165) is 95.9 Å². The smallest absolute Gasteiger partial charge is 0.119 e. The summed E-state index contributed by atoms with van der Waals surface area (Å²) in [5.74, 6) is 0.859. The first-order valence-electron chi connectivity index (χ1n) is 13.7. The first kappa shape index (κ1) is 24.4. The zero-order valence-corrected chi connectivity index (χ0v) is 21.4. The molecule has 3 aromatic rings. The zero-order valence-electron chi connectivity index (χ0n) is 21.4. The Morgan fingerprint density at radius 1 is 0.444 bits per heavy atom. The van der Waals surface area contributed by atoms with Gasteiger partial charge in [0.15, 0.2) is 0 Å². The highest BCUT2D eigenvalue weighted by Gasteiger charge is 2.19. The number of fused-ring (bicyclic) bond motifs is 2. The predicted octanol–water partition coefficient (Wildman–Crippen LogP) is 8.54. The van der Waals surface area contributed by atoms with E-state index in [9.17, 15) is 10.2 Å². The molecule has 2 aliphatic carbocycles. The van der Waals surface area contributed by atoms with Crippen molar-refractivity contribution >= 4 is 11.1 Å². The summed E-state index contributed by atoms with van der Waals surface area (Å²) in [4.78, 5) is 0. The SMILES string of the molecule is C=C(c1ccc(C(=C)c2ccc(O)c3c2CCCCCC3)cc1)c1ccc(O)c2c1CCCCCC2. The summed E-state index contributed by atoms with van der Waals surface area (Å²) in [6.07, 6.45) is 13.4. The van der Waals surface area contributed by atoms with Gasteiger partial charge in [0.25, 0.3) is 0 Å². The van der Waals surface area contributed by atoms with Crippen LogP contribution in [0.4, 0.5) is 0 Å². The van der Waals surface area contributed by atoms with Gasteiger partial charge in [-0.25, -0.2) is 0 Å². The van der Waals surface area contributed by atoms with Crippen LogP contribution in [-0.4, -0.2) is 10.2 Å². The molecule has 2 heteroatoms. The third-order valence-corrected chi connectivity index (χ3v) is 8.25. The maximum Gasteiger partial charge on any atom is 0.119 e. The molecule has 186 valence electrons. The average Bonchev–Trinajstić information content (AvgIpc) is 2.85. The second kappa shape index (κ2) is 10.8. The molecule has 0 fully saturated rings. The van der Waals surface area contributed by atoms with E-state index in [2.05, 4.69) is 37.4 Å². The Morgan fingerprint density at radius 2 is 0.778 bits per heavy atom. The van der Waals surface area contributed by atoms with Crippen molar-refractivity contribution in [3.63, 3.8) is 0 Å². The largest absolute Gasteiger partial charge is 0.508 e. The molecule has 0 bridgehead atoms. The molecule has 0 aliphatic heterocycles. The molecular weight excluding hydrogens is 440 g/mol. The predicted molar refractivity (Wildman–Crippen MR) is 151 cm³/mol. The molecule has 36 heavy (non-hydrogen) atoms. The van der Waals surface area contributed by atoms with Crippen molar-refractivity contribution in [2.24, 2.45) is 0 Å². The van der Waals surface area contributed by atoms with Gasteiger partial charge < -0.3 is 10.2 Å². The number of benzene rings is 3. The van der Waals surface area contributed by atoms with Gasteiger partial charge in [0.2, 0.25) is 0 Å². The van der Waals surface area contributed by atoms with Gasteiger partial charge in [-0.1, -0.05) is 75.2 Å². The van der Waals surface area contributed by atoms with Crippen LogP contribution >= 0.6 is 0 Å². The molecule has 0 amide bonds. The van der Waals surface area contributed by atoms with Crippen LogP contribution in [0.1, 0.15) is 95.9 Å². The summed E-state index contributed by atoms with van der Waals surface area (Å²) in [7, 11) is 0. The maximum absolute atomic E-state index is 10.5. The minimum atomic E-state index is 0.429. The molecule has 0 radical (unpaired) electrons. The Bertz CT molecular complexity index is 1180. The van der Waals surface area contributed by atoms with Gasteiger partial charge in [-0.05, 0) is 119 Å². The molecule has 0 spiro atoms. The molecule has 3 aromatic carbocycles. The number of hydrogen-bond acceptors (Lipinski definition) is 2. The Labute approximate surface area is 216 Å². The number of rotatable bonds is 4. The van der Waals surface area contributed by atoms with Crippen LogP contribution in [-0.2, 0) is 25.7 Å². The standard InChI is InChI=1S/C34H38O2/c1-23(27-19-21-33(35)31-13-9-5-3-7-11-29(27)31)25-15-17-26(18-16-25)24(2)28-20-22-34(36)32-14-10-6-4-8-12-30(28)32/h15-22,35-36H,1-14H2. The van der Waals surface area contributed by atoms with Crippen LogP contribution in [0.5, 0.6) is 11.5 Å². The highest BCUT2D eigenvalue weighted by Crippen LogP contribution is 2.37. The van der Waals surface area contributed by atoms with Gasteiger partial charge in [-0.2, -0.15) is 0 Å². The molecule has 2 aliphatic rings. The third kappa shape index (κ3) is 4.87. The molecule has 2 N–H and O–H groups in total. The van der Waals surface area contributed by atoms with Crippen LogP contribution in [0.25, 0.3) is 11.1 Å². The molecular formula is C34H38O2. The molecule has 0 saturated heterocycles. The van der Waals surface area contributed by atoms with Gasteiger partial charge in [0.05, 0.1) is 0 Å². The lowest BCUT2D eigenvalue weighted by atomic mass is 9.84. The van der Waals surface area contributed by atoms with Crippen molar-refractivity contribution in [2.75, 3.05) is 0 Å². The van der Waals surface area contributed by atoms with E-state index in [1.807, 2.05) is 24.3 Å². The molecule has 0 saturated carbocycles. The van der Waals surface area contributed by atoms with Crippen molar-refractivity contribution in [3.8, 4) is 11.5 Å². The Balaban J connectivity index is 1.44. The van der Waals surface area contributed by atoms with Crippen molar-refractivity contribution in [1.29, 1.82) is 0 Å². The van der Waals surface area contributed by atoms with Crippen LogP contribution in [0.3, 0.4) is 0 Å². The lowest BCUT2D eigenvalue weighted by molar-refractivity contribution is 0.462. The Hall–Kier alpha value is -3.26. The van der Waals surface area contributed by atoms with E-state index in [1.54, 1.807) is 0 Å². The van der Waals surface area contributed by atoms with Crippen molar-refractivity contribution < 1.29 is 10.2 Å². The third-order valence-electron chi connectivity index (χ3n) is 8.25. The van der Waals surface area contributed by atoms with E-state index in [0.29, 0.717) is 11.5 Å². The Kier molecular flexibility index (Phi) is 7.32. The van der Waals surface area contributed by atoms with E-state index in [1.165, 1.54) is 36.8 Å². The summed E-state index contributed by atoms with van der Waals surface area (Å²) < 4.78 is 0. The molecule has 0 aromatic heterocycles. The Morgan fingerprint density at radius 3 is 1.14 bits per heavy atom. The quantitative estimate of drug-likeness (QED) is 0.394. The highest BCUT2D eigenvalue weighted by atomic mass is 16.3. The van der Waals surface area contributed by atoms with E-state index in [-0.39, 0.29) is 0 Å². The summed E-state index contributed by atoms with van der Waals surface area (Å²) >= 11 is 0. The van der Waals surface area contributed by atoms with Crippen LogP contribution in [0.2, 0.25) is 0 Å². The van der Waals surface area contributed by atoms with E-state index in [4.69, 9.17) is 0 Å². The second-order valence-corrected chi connectivity index (χ2v) is 10.5. The average molecular weight is 479 g/mol. The normalized spacial score (nSPS) is 16.0. The minimum absolute atomic E-state index is 0.429. The van der Waals surface area contributed by atoms with Crippen LogP contribution < -0.4 is 0 Å². The lowest BCUT2D eigenvalue weighted by Crippen LogP contribution is -2.05. The number of hydrogen-bond donors (Lipinski definition) is 2.